The second kappa shape index (κ2) is 21.8. The number of aldehydes is 1. The Bertz CT molecular complexity index is 429. The van der Waals surface area contributed by atoms with Crippen LogP contribution in [0.3, 0.4) is 0 Å². The topological polar surface area (TPSA) is 37.3 Å². The third-order valence-corrected chi connectivity index (χ3v) is 2.28. The van der Waals surface area contributed by atoms with Crippen LogP contribution in [0, 0.1) is 0 Å². The van der Waals surface area contributed by atoms with Crippen LogP contribution in [-0.4, -0.2) is 18.0 Å². The molecule has 2 nitrogen and oxygen atoms in total. The van der Waals surface area contributed by atoms with Crippen molar-refractivity contribution in [2.45, 2.75) is 19.8 Å². The molecule has 124 valence electrons. The van der Waals surface area contributed by atoms with Crippen molar-refractivity contribution >= 4 is 6.29 Å². The van der Waals surface area contributed by atoms with E-state index in [1.807, 2.05) is 54.6 Å². The number of carbonyl (C=O) groups excluding carboxylic acids is 1. The van der Waals surface area contributed by atoms with Gasteiger partial charge in [0.2, 0.25) is 0 Å². The van der Waals surface area contributed by atoms with Crippen molar-refractivity contribution in [1.82, 2.24) is 0 Å². The molecule has 0 atom stereocenters. The Morgan fingerprint density at radius 2 is 1.26 bits per heavy atom. The Kier molecular flexibility index (Phi) is 21.7. The van der Waals surface area contributed by atoms with Crippen molar-refractivity contribution in [2.75, 3.05) is 6.61 Å². The van der Waals surface area contributed by atoms with E-state index < -0.39 is 0 Å². The summed E-state index contributed by atoms with van der Waals surface area (Å²) in [5.74, 6) is 0. The van der Waals surface area contributed by atoms with Crippen molar-refractivity contribution in [3.05, 3.63) is 97.6 Å². The lowest BCUT2D eigenvalue weighted by Gasteiger charge is -1.81. The maximum absolute atomic E-state index is 10.0. The summed E-state index contributed by atoms with van der Waals surface area (Å²) in [6.45, 7) is 9.12. The molecular formula is C21H28O2. The van der Waals surface area contributed by atoms with Crippen LogP contribution in [0.1, 0.15) is 30.1 Å². The molecule has 0 spiro atoms. The van der Waals surface area contributed by atoms with Gasteiger partial charge in [0.25, 0.3) is 0 Å². The number of aliphatic hydroxyl groups is 1. The first-order valence-electron chi connectivity index (χ1n) is 7.61. The van der Waals surface area contributed by atoms with Crippen LogP contribution in [0.25, 0.3) is 0 Å². The number of hydrogen-bond donors (Lipinski definition) is 1. The maximum atomic E-state index is 10.0. The summed E-state index contributed by atoms with van der Waals surface area (Å²) in [7, 11) is 0. The molecule has 0 saturated carbocycles. The Labute approximate surface area is 140 Å². The number of unbranched alkanes of at least 4 members (excludes halogenated alkanes) is 1. The van der Waals surface area contributed by atoms with Gasteiger partial charge in [-0.1, -0.05) is 105 Å². The highest BCUT2D eigenvalue weighted by atomic mass is 16.2. The van der Waals surface area contributed by atoms with Gasteiger partial charge in [-0.3, -0.25) is 4.79 Å². The van der Waals surface area contributed by atoms with Crippen LogP contribution < -0.4 is 0 Å². The molecular weight excluding hydrogens is 284 g/mol. The number of hydrogen-bond acceptors (Lipinski definition) is 2. The van der Waals surface area contributed by atoms with Crippen LogP contribution in [0.15, 0.2) is 92.0 Å². The van der Waals surface area contributed by atoms with Crippen LogP contribution in [0.4, 0.5) is 0 Å². The van der Waals surface area contributed by atoms with Gasteiger partial charge in [0, 0.05) is 12.2 Å². The predicted octanol–water partition coefficient (Wildman–Crippen LogP) is 5.32. The Balaban J connectivity index is 0. The summed E-state index contributed by atoms with van der Waals surface area (Å²) in [5.41, 5.74) is 0.729. The van der Waals surface area contributed by atoms with Gasteiger partial charge >= 0.3 is 0 Å². The zero-order chi connectivity index (χ0) is 17.6. The third-order valence-electron chi connectivity index (χ3n) is 2.28. The molecule has 0 aromatic heterocycles. The molecule has 0 saturated heterocycles. The fourth-order valence-corrected chi connectivity index (χ4v) is 1.07. The fraction of sp³-hybridized carbons (Fsp3) is 0.190. The number of benzene rings is 2. The zero-order valence-corrected chi connectivity index (χ0v) is 14.0. The molecule has 0 unspecified atom stereocenters. The van der Waals surface area contributed by atoms with Crippen LogP contribution in [0.5, 0.6) is 0 Å². The minimum absolute atomic E-state index is 0.344. The van der Waals surface area contributed by atoms with Gasteiger partial charge < -0.3 is 5.11 Å². The van der Waals surface area contributed by atoms with Crippen LogP contribution in [-0.2, 0) is 0 Å². The van der Waals surface area contributed by atoms with Gasteiger partial charge in [0.05, 0.1) is 0 Å². The lowest BCUT2D eigenvalue weighted by atomic mass is 10.2. The number of aliphatic hydroxyl groups excluding tert-OH is 1. The Morgan fingerprint density at radius 1 is 0.870 bits per heavy atom. The number of allylic oxidation sites excluding steroid dienone is 2. The second-order valence-corrected chi connectivity index (χ2v) is 4.23. The molecule has 2 heteroatoms. The predicted molar refractivity (Wildman–Crippen MR) is 101 cm³/mol. The zero-order valence-electron chi connectivity index (χ0n) is 14.0. The van der Waals surface area contributed by atoms with Crippen LogP contribution >= 0.6 is 0 Å². The largest absolute Gasteiger partial charge is 0.396 e. The van der Waals surface area contributed by atoms with E-state index in [0.29, 0.717) is 6.61 Å². The molecule has 1 N–H and O–H groups in total. The summed E-state index contributed by atoms with van der Waals surface area (Å²) in [6, 6.07) is 21.1. The van der Waals surface area contributed by atoms with Gasteiger partial charge in [-0.25, -0.2) is 0 Å². The molecule has 0 radical (unpaired) electrons. The first kappa shape index (κ1) is 22.8. The minimum Gasteiger partial charge on any atom is -0.396 e. The van der Waals surface area contributed by atoms with Gasteiger partial charge in [-0.15, -0.1) is 0 Å². The average Bonchev–Trinajstić information content (AvgIpc) is 2.66. The van der Waals surface area contributed by atoms with Crippen molar-refractivity contribution in [1.29, 1.82) is 0 Å². The smallest absolute Gasteiger partial charge is 0.150 e. The molecule has 0 bridgehead atoms. The van der Waals surface area contributed by atoms with E-state index in [2.05, 4.69) is 20.1 Å². The van der Waals surface area contributed by atoms with Gasteiger partial charge in [0.1, 0.15) is 6.29 Å². The van der Waals surface area contributed by atoms with Crippen molar-refractivity contribution in [2.24, 2.45) is 0 Å². The molecule has 2 aromatic carbocycles. The lowest BCUT2D eigenvalue weighted by molar-refractivity contribution is 0.112. The van der Waals surface area contributed by atoms with Gasteiger partial charge in [-0.05, 0) is 6.42 Å². The van der Waals surface area contributed by atoms with Crippen LogP contribution in [0.2, 0.25) is 0 Å². The second-order valence-electron chi connectivity index (χ2n) is 4.23. The molecule has 0 aliphatic rings. The van der Waals surface area contributed by atoms with Crippen molar-refractivity contribution in [3.63, 3.8) is 0 Å². The first-order chi connectivity index (χ1) is 11.3. The molecule has 0 aliphatic heterocycles. The molecule has 23 heavy (non-hydrogen) atoms. The molecule has 0 fully saturated rings. The summed E-state index contributed by atoms with van der Waals surface area (Å²) in [4.78, 5) is 10.0. The minimum atomic E-state index is 0.344. The highest BCUT2D eigenvalue weighted by molar-refractivity contribution is 5.74. The van der Waals surface area contributed by atoms with E-state index in [4.69, 9.17) is 5.11 Å². The first-order valence-corrected chi connectivity index (χ1v) is 7.61. The fourth-order valence-electron chi connectivity index (χ4n) is 1.07. The number of rotatable bonds is 4. The maximum Gasteiger partial charge on any atom is 0.150 e. The van der Waals surface area contributed by atoms with E-state index in [1.54, 1.807) is 24.3 Å². The Morgan fingerprint density at radius 3 is 1.43 bits per heavy atom. The van der Waals surface area contributed by atoms with Crippen molar-refractivity contribution in [3.8, 4) is 0 Å². The Hall–Kier alpha value is -2.45. The standard InChI is InChI=1S/C7H6O.C6H6.C4H10O.C4H6/c8-6-7-4-2-1-3-5-7;1-2-4-6-5-3-1;1-2-3-4-5;1-3-4-2/h1-6H;1-6H;5H,2-4H2,1H3;3-4H,1-2H2. The van der Waals surface area contributed by atoms with Gasteiger partial charge in [0.15, 0.2) is 0 Å². The summed E-state index contributed by atoms with van der Waals surface area (Å²) in [5, 5.41) is 8.07. The monoisotopic (exact) mass is 312 g/mol. The summed E-state index contributed by atoms with van der Waals surface area (Å²) in [6.07, 6.45) is 6.15. The van der Waals surface area contributed by atoms with Gasteiger partial charge in [-0.2, -0.15) is 0 Å². The van der Waals surface area contributed by atoms with E-state index >= 15 is 0 Å². The average molecular weight is 312 g/mol. The third kappa shape index (κ3) is 22.0. The number of carbonyl (C=O) groups is 1. The van der Waals surface area contributed by atoms with E-state index in [-0.39, 0.29) is 0 Å². The van der Waals surface area contributed by atoms with E-state index in [0.717, 1.165) is 24.7 Å². The van der Waals surface area contributed by atoms with E-state index in [9.17, 15) is 4.79 Å². The lowest BCUT2D eigenvalue weighted by Crippen LogP contribution is -1.75. The molecule has 0 aliphatic carbocycles. The highest BCUT2D eigenvalue weighted by Gasteiger charge is 1.80. The normalized spacial score (nSPS) is 7.74. The van der Waals surface area contributed by atoms with E-state index in [1.165, 1.54) is 0 Å². The SMILES string of the molecule is C=CC=C.CCCCO.O=Cc1ccccc1.c1ccccc1. The summed E-state index contributed by atoms with van der Waals surface area (Å²) >= 11 is 0. The molecule has 0 heterocycles. The molecule has 0 amide bonds. The molecule has 2 aromatic rings. The highest BCUT2D eigenvalue weighted by Crippen LogP contribution is 1.91. The molecule has 2 rings (SSSR count). The summed E-state index contributed by atoms with van der Waals surface area (Å²) < 4.78 is 0. The quantitative estimate of drug-likeness (QED) is 0.612. The van der Waals surface area contributed by atoms with Crippen molar-refractivity contribution < 1.29 is 9.90 Å².